The molecular formula is C20H16FN5S. The number of aromatic nitrogens is 3. The van der Waals surface area contributed by atoms with Crippen molar-refractivity contribution in [2.75, 3.05) is 0 Å². The number of imidazole rings is 1. The molecule has 0 radical (unpaired) electrons. The van der Waals surface area contributed by atoms with Gasteiger partial charge in [-0.3, -0.25) is 4.99 Å². The monoisotopic (exact) mass is 377 g/mol. The Morgan fingerprint density at radius 1 is 1.19 bits per heavy atom. The lowest BCUT2D eigenvalue weighted by molar-refractivity contribution is 0.579. The normalized spacial score (nSPS) is 20.4. The third-order valence-corrected chi connectivity index (χ3v) is 5.45. The minimum absolute atomic E-state index is 0.00805. The van der Waals surface area contributed by atoms with Crippen molar-refractivity contribution in [3.63, 3.8) is 0 Å². The van der Waals surface area contributed by atoms with Gasteiger partial charge in [0.25, 0.3) is 0 Å². The summed E-state index contributed by atoms with van der Waals surface area (Å²) in [6.45, 7) is 0.635. The van der Waals surface area contributed by atoms with E-state index in [1.54, 1.807) is 23.5 Å². The largest absolute Gasteiger partial charge is 0.369 e. The second kappa shape index (κ2) is 6.59. The van der Waals surface area contributed by atoms with E-state index in [-0.39, 0.29) is 17.9 Å². The van der Waals surface area contributed by atoms with Crippen LogP contribution in [0.25, 0.3) is 16.8 Å². The first kappa shape index (κ1) is 16.1. The van der Waals surface area contributed by atoms with Crippen molar-refractivity contribution in [1.29, 1.82) is 0 Å². The first-order valence-corrected chi connectivity index (χ1v) is 9.58. The predicted molar refractivity (Wildman–Crippen MR) is 105 cm³/mol. The number of thiazole rings is 1. The molecule has 2 unspecified atom stereocenters. The van der Waals surface area contributed by atoms with Gasteiger partial charge in [0, 0.05) is 23.1 Å². The van der Waals surface area contributed by atoms with Crippen LogP contribution in [0.1, 0.15) is 11.4 Å². The minimum atomic E-state index is -0.255. The van der Waals surface area contributed by atoms with Crippen LogP contribution < -0.4 is 5.32 Å². The average Bonchev–Trinajstić information content (AvgIpc) is 3.43. The summed E-state index contributed by atoms with van der Waals surface area (Å²) in [5, 5.41) is 5.31. The van der Waals surface area contributed by atoms with Crippen LogP contribution in [0.5, 0.6) is 0 Å². The molecule has 0 spiro atoms. The molecule has 1 N–H and O–H groups in total. The molecule has 2 atom stereocenters. The molecule has 3 aromatic rings. The maximum absolute atomic E-state index is 13.4. The predicted octanol–water partition coefficient (Wildman–Crippen LogP) is 3.72. The van der Waals surface area contributed by atoms with E-state index in [0.717, 1.165) is 28.2 Å². The standard InChI is InChI=1S/C20H16FN5S/c21-14-3-1-13(2-4-14)18-19(16-5-7-22-20-17(16)6-8-23-20)26(11-24-18)9-15-10-27-12-25-15/h1-8,10-12,17,20,23H,9H2. The van der Waals surface area contributed by atoms with Gasteiger partial charge >= 0.3 is 0 Å². The van der Waals surface area contributed by atoms with E-state index in [9.17, 15) is 4.39 Å². The fourth-order valence-corrected chi connectivity index (χ4v) is 4.10. The molecule has 0 amide bonds. The fourth-order valence-electron chi connectivity index (χ4n) is 3.55. The SMILES string of the molecule is Fc1ccc(-c2ncn(Cc3cscn3)c2C2=CC=NC3NC=CC23)cc1. The molecule has 2 aromatic heterocycles. The van der Waals surface area contributed by atoms with Gasteiger partial charge in [0.05, 0.1) is 35.5 Å². The summed E-state index contributed by atoms with van der Waals surface area (Å²) in [6.07, 6.45) is 9.80. The van der Waals surface area contributed by atoms with Gasteiger partial charge in [0.2, 0.25) is 0 Å². The van der Waals surface area contributed by atoms with E-state index >= 15 is 0 Å². The summed E-state index contributed by atoms with van der Waals surface area (Å²) in [5.74, 6) is -0.116. The molecule has 0 fully saturated rings. The van der Waals surface area contributed by atoms with E-state index in [0.29, 0.717) is 6.54 Å². The quantitative estimate of drug-likeness (QED) is 0.754. The molecule has 27 heavy (non-hydrogen) atoms. The van der Waals surface area contributed by atoms with Gasteiger partial charge in [-0.2, -0.15) is 0 Å². The van der Waals surface area contributed by atoms with E-state index in [1.165, 1.54) is 12.1 Å². The molecule has 0 bridgehead atoms. The van der Waals surface area contributed by atoms with E-state index in [4.69, 9.17) is 0 Å². The molecule has 5 nitrogen and oxygen atoms in total. The van der Waals surface area contributed by atoms with Gasteiger partial charge < -0.3 is 9.88 Å². The van der Waals surface area contributed by atoms with Crippen LogP contribution >= 0.6 is 11.3 Å². The molecule has 2 aliphatic rings. The zero-order valence-corrected chi connectivity index (χ0v) is 15.1. The number of hydrogen-bond donors (Lipinski definition) is 1. The van der Waals surface area contributed by atoms with Crippen molar-refractivity contribution in [2.45, 2.75) is 12.7 Å². The second-order valence-electron chi connectivity index (χ2n) is 6.47. The van der Waals surface area contributed by atoms with E-state index in [1.807, 2.05) is 35.7 Å². The van der Waals surface area contributed by atoms with E-state index in [2.05, 4.69) is 30.9 Å². The third kappa shape index (κ3) is 2.90. The second-order valence-corrected chi connectivity index (χ2v) is 7.19. The molecule has 0 saturated carbocycles. The van der Waals surface area contributed by atoms with Crippen LogP contribution in [0, 0.1) is 11.7 Å². The number of nitrogens with zero attached hydrogens (tertiary/aromatic N) is 4. The average molecular weight is 377 g/mol. The summed E-state index contributed by atoms with van der Waals surface area (Å²) in [6, 6.07) is 6.47. The highest BCUT2D eigenvalue weighted by Crippen LogP contribution is 2.37. The summed E-state index contributed by atoms with van der Waals surface area (Å²) in [4.78, 5) is 13.6. The zero-order chi connectivity index (χ0) is 18.2. The van der Waals surface area contributed by atoms with Crippen LogP contribution in [-0.4, -0.2) is 26.9 Å². The number of benzene rings is 1. The van der Waals surface area contributed by atoms with Crippen LogP contribution in [0.4, 0.5) is 4.39 Å². The van der Waals surface area contributed by atoms with Gasteiger partial charge in [0.1, 0.15) is 12.0 Å². The topological polar surface area (TPSA) is 55.1 Å². The minimum Gasteiger partial charge on any atom is -0.369 e. The smallest absolute Gasteiger partial charge is 0.128 e. The van der Waals surface area contributed by atoms with Crippen molar-refractivity contribution in [2.24, 2.45) is 10.9 Å². The number of aliphatic imine (C=N–C) groups is 1. The summed E-state index contributed by atoms with van der Waals surface area (Å²) in [5.41, 5.74) is 6.71. The molecule has 0 aliphatic carbocycles. The first-order valence-electron chi connectivity index (χ1n) is 8.64. The van der Waals surface area contributed by atoms with Crippen molar-refractivity contribution in [1.82, 2.24) is 19.9 Å². The molecule has 4 heterocycles. The molecular weight excluding hydrogens is 361 g/mol. The highest BCUT2D eigenvalue weighted by molar-refractivity contribution is 7.07. The maximum atomic E-state index is 13.4. The molecule has 7 heteroatoms. The lowest BCUT2D eigenvalue weighted by atomic mass is 9.90. The van der Waals surface area contributed by atoms with Gasteiger partial charge in [-0.1, -0.05) is 6.08 Å². The molecule has 2 aliphatic heterocycles. The van der Waals surface area contributed by atoms with Gasteiger partial charge in [0.15, 0.2) is 0 Å². The fraction of sp³-hybridized carbons (Fsp3) is 0.150. The molecule has 134 valence electrons. The highest BCUT2D eigenvalue weighted by atomic mass is 32.1. The Morgan fingerprint density at radius 2 is 2.07 bits per heavy atom. The van der Waals surface area contributed by atoms with Crippen molar-refractivity contribution in [3.05, 3.63) is 77.0 Å². The molecule has 1 aromatic carbocycles. The first-order chi connectivity index (χ1) is 13.3. The Balaban J connectivity index is 1.65. The Kier molecular flexibility index (Phi) is 3.94. The lowest BCUT2D eigenvalue weighted by Gasteiger charge is -2.24. The van der Waals surface area contributed by atoms with Gasteiger partial charge in [-0.15, -0.1) is 11.3 Å². The number of halogens is 1. The summed E-state index contributed by atoms with van der Waals surface area (Å²) < 4.78 is 15.5. The van der Waals surface area contributed by atoms with Gasteiger partial charge in [-0.25, -0.2) is 14.4 Å². The zero-order valence-electron chi connectivity index (χ0n) is 14.3. The number of hydrogen-bond acceptors (Lipinski definition) is 5. The van der Waals surface area contributed by atoms with Crippen molar-refractivity contribution >= 4 is 23.1 Å². The third-order valence-electron chi connectivity index (χ3n) is 4.82. The number of dihydropyridines is 1. The van der Waals surface area contributed by atoms with E-state index < -0.39 is 0 Å². The molecule has 0 saturated heterocycles. The summed E-state index contributed by atoms with van der Waals surface area (Å²) in [7, 11) is 0. The Hall–Kier alpha value is -3.06. The summed E-state index contributed by atoms with van der Waals surface area (Å²) >= 11 is 1.58. The molecule has 5 rings (SSSR count). The Morgan fingerprint density at radius 3 is 2.89 bits per heavy atom. The van der Waals surface area contributed by atoms with Crippen molar-refractivity contribution in [3.8, 4) is 11.3 Å². The Labute approximate surface area is 159 Å². The number of rotatable bonds is 4. The Bertz CT molecular complexity index is 1050. The number of fused-ring (bicyclic) bond motifs is 1. The van der Waals surface area contributed by atoms with Crippen LogP contribution in [-0.2, 0) is 6.54 Å². The lowest BCUT2D eigenvalue weighted by Crippen LogP contribution is -2.28. The van der Waals surface area contributed by atoms with Gasteiger partial charge in [-0.05, 0) is 42.1 Å². The number of nitrogens with one attached hydrogen (secondary N) is 1. The van der Waals surface area contributed by atoms with Crippen molar-refractivity contribution < 1.29 is 4.39 Å². The van der Waals surface area contributed by atoms with Crippen LogP contribution in [0.15, 0.2) is 64.8 Å². The maximum Gasteiger partial charge on any atom is 0.128 e. The number of allylic oxidation sites excluding steroid dienone is 1. The van der Waals surface area contributed by atoms with Crippen LogP contribution in [0.3, 0.4) is 0 Å². The van der Waals surface area contributed by atoms with Crippen LogP contribution in [0.2, 0.25) is 0 Å². The highest BCUT2D eigenvalue weighted by Gasteiger charge is 2.31.